The van der Waals surface area contributed by atoms with Crippen LogP contribution in [0, 0.1) is 19.8 Å². The van der Waals surface area contributed by atoms with Gasteiger partial charge in [0.2, 0.25) is 0 Å². The molecule has 2 rings (SSSR count). The highest BCUT2D eigenvalue weighted by Gasteiger charge is 2.26. The Bertz CT molecular complexity index is 282. The van der Waals surface area contributed by atoms with E-state index in [1.807, 2.05) is 0 Å². The minimum Gasteiger partial charge on any atom is -0.324 e. The third kappa shape index (κ3) is 1.92. The highest BCUT2D eigenvalue weighted by atomic mass is 32.1. The smallest absolute Gasteiger partial charge is 0.0561 e. The van der Waals surface area contributed by atoms with Crippen LogP contribution < -0.4 is 5.73 Å². The summed E-state index contributed by atoms with van der Waals surface area (Å²) in [5.41, 5.74) is 8.59. The number of hydrogen-bond acceptors (Lipinski definition) is 3. The first kappa shape index (κ1) is 9.16. The maximum Gasteiger partial charge on any atom is 0.0561 e. The number of hydrogen-bond donors (Lipinski definition) is 1. The number of nitrogens with zero attached hydrogens (tertiary/aromatic N) is 1. The molecule has 1 aliphatic rings. The van der Waals surface area contributed by atoms with Gasteiger partial charge in [0.15, 0.2) is 0 Å². The molecular formula is C10H16N2S. The normalized spacial score (nSPS) is 19.0. The summed E-state index contributed by atoms with van der Waals surface area (Å²) in [6.07, 6.45) is 3.91. The second-order valence-electron chi connectivity index (χ2n) is 4.02. The Balaban J connectivity index is 2.12. The maximum absolute atomic E-state index is 6.15. The van der Waals surface area contributed by atoms with E-state index in [-0.39, 0.29) is 6.04 Å². The van der Waals surface area contributed by atoms with E-state index in [0.717, 1.165) is 18.0 Å². The zero-order valence-electron chi connectivity index (χ0n) is 8.21. The number of aromatic nitrogens is 1. The Morgan fingerprint density at radius 1 is 1.54 bits per heavy atom. The van der Waals surface area contributed by atoms with Crippen molar-refractivity contribution in [3.63, 3.8) is 0 Å². The predicted octanol–water partition coefficient (Wildman–Crippen LogP) is 2.56. The van der Waals surface area contributed by atoms with Crippen molar-refractivity contribution >= 4 is 11.5 Å². The molecule has 72 valence electrons. The monoisotopic (exact) mass is 196 g/mol. The molecule has 1 atom stereocenters. The largest absolute Gasteiger partial charge is 0.324 e. The van der Waals surface area contributed by atoms with Crippen LogP contribution in [0.25, 0.3) is 0 Å². The molecule has 3 heteroatoms. The summed E-state index contributed by atoms with van der Waals surface area (Å²) >= 11 is 1.58. The van der Waals surface area contributed by atoms with Crippen LogP contribution >= 0.6 is 11.5 Å². The van der Waals surface area contributed by atoms with Crippen LogP contribution in [-0.4, -0.2) is 4.37 Å². The van der Waals surface area contributed by atoms with Crippen molar-refractivity contribution < 1.29 is 0 Å². The van der Waals surface area contributed by atoms with Crippen LogP contribution in [-0.2, 0) is 0 Å². The third-order valence-corrected chi connectivity index (χ3v) is 3.60. The molecule has 0 aromatic carbocycles. The Hall–Kier alpha value is -0.410. The Morgan fingerprint density at radius 3 is 2.69 bits per heavy atom. The average molecular weight is 196 g/mol. The van der Waals surface area contributed by atoms with Crippen molar-refractivity contribution in [1.29, 1.82) is 0 Å². The maximum atomic E-state index is 6.15. The van der Waals surface area contributed by atoms with Gasteiger partial charge in [-0.2, -0.15) is 4.37 Å². The zero-order valence-corrected chi connectivity index (χ0v) is 9.03. The lowest BCUT2D eigenvalue weighted by molar-refractivity contribution is 0.593. The molecule has 0 bridgehead atoms. The lowest BCUT2D eigenvalue weighted by Crippen LogP contribution is -2.12. The highest BCUT2D eigenvalue weighted by molar-refractivity contribution is 7.05. The van der Waals surface area contributed by atoms with E-state index in [4.69, 9.17) is 5.73 Å². The molecule has 0 aliphatic heterocycles. The van der Waals surface area contributed by atoms with Gasteiger partial charge in [-0.25, -0.2) is 0 Å². The van der Waals surface area contributed by atoms with Crippen molar-refractivity contribution in [1.82, 2.24) is 4.37 Å². The van der Waals surface area contributed by atoms with E-state index in [1.165, 1.54) is 23.3 Å². The van der Waals surface area contributed by atoms with Crippen LogP contribution in [0.3, 0.4) is 0 Å². The summed E-state index contributed by atoms with van der Waals surface area (Å²) in [5, 5.41) is 0. The Kier molecular flexibility index (Phi) is 2.39. The molecule has 1 aromatic heterocycles. The molecule has 1 heterocycles. The molecule has 0 spiro atoms. The summed E-state index contributed by atoms with van der Waals surface area (Å²) in [4.78, 5) is 1.30. The highest BCUT2D eigenvalue weighted by Crippen LogP contribution is 2.38. The minimum atomic E-state index is 0.228. The van der Waals surface area contributed by atoms with Gasteiger partial charge in [-0.05, 0) is 37.7 Å². The van der Waals surface area contributed by atoms with Gasteiger partial charge in [-0.15, -0.1) is 0 Å². The number of nitrogens with two attached hydrogens (primary N) is 1. The number of rotatable bonds is 3. The fourth-order valence-electron chi connectivity index (χ4n) is 1.85. The first-order valence-corrected chi connectivity index (χ1v) is 5.64. The van der Waals surface area contributed by atoms with E-state index < -0.39 is 0 Å². The third-order valence-electron chi connectivity index (χ3n) is 2.74. The first-order chi connectivity index (χ1) is 6.18. The van der Waals surface area contributed by atoms with E-state index >= 15 is 0 Å². The van der Waals surface area contributed by atoms with Gasteiger partial charge < -0.3 is 5.73 Å². The van der Waals surface area contributed by atoms with Crippen LogP contribution in [0.2, 0.25) is 0 Å². The molecule has 0 radical (unpaired) electrons. The predicted molar refractivity (Wildman–Crippen MR) is 55.9 cm³/mol. The van der Waals surface area contributed by atoms with Gasteiger partial charge in [0, 0.05) is 16.5 Å². The molecule has 2 N–H and O–H groups in total. The minimum absolute atomic E-state index is 0.228. The summed E-state index contributed by atoms with van der Waals surface area (Å²) < 4.78 is 4.33. The topological polar surface area (TPSA) is 38.9 Å². The molecule has 1 saturated carbocycles. The fourth-order valence-corrected chi connectivity index (χ4v) is 2.62. The van der Waals surface area contributed by atoms with Gasteiger partial charge in [0.1, 0.15) is 0 Å². The van der Waals surface area contributed by atoms with E-state index in [9.17, 15) is 0 Å². The molecule has 0 saturated heterocycles. The van der Waals surface area contributed by atoms with Crippen LogP contribution in [0.5, 0.6) is 0 Å². The lowest BCUT2D eigenvalue weighted by Gasteiger charge is -2.11. The van der Waals surface area contributed by atoms with Crippen molar-refractivity contribution in [3.8, 4) is 0 Å². The average Bonchev–Trinajstić information content (AvgIpc) is 2.79. The van der Waals surface area contributed by atoms with Crippen molar-refractivity contribution in [2.24, 2.45) is 11.7 Å². The second-order valence-corrected chi connectivity index (χ2v) is 5.00. The van der Waals surface area contributed by atoms with Crippen molar-refractivity contribution in [3.05, 3.63) is 16.1 Å². The summed E-state index contributed by atoms with van der Waals surface area (Å²) in [6.45, 7) is 4.18. The van der Waals surface area contributed by atoms with Crippen LogP contribution in [0.1, 0.15) is 41.4 Å². The van der Waals surface area contributed by atoms with Crippen LogP contribution in [0.15, 0.2) is 0 Å². The standard InChI is InChI=1S/C10H16N2S/c1-6-10(7(2)13-12-6)9(11)5-8-3-4-8/h8-9H,3-5,11H2,1-2H3. The van der Waals surface area contributed by atoms with E-state index in [0.29, 0.717) is 0 Å². The van der Waals surface area contributed by atoms with E-state index in [1.54, 1.807) is 11.5 Å². The van der Waals surface area contributed by atoms with Crippen molar-refractivity contribution in [2.75, 3.05) is 0 Å². The Morgan fingerprint density at radius 2 is 2.23 bits per heavy atom. The van der Waals surface area contributed by atoms with E-state index in [2.05, 4.69) is 18.2 Å². The molecular weight excluding hydrogens is 180 g/mol. The molecule has 0 amide bonds. The number of aryl methyl sites for hydroxylation is 2. The van der Waals surface area contributed by atoms with Crippen molar-refractivity contribution in [2.45, 2.75) is 39.2 Å². The molecule has 1 fully saturated rings. The Labute approximate surface area is 83.3 Å². The molecule has 1 unspecified atom stereocenters. The quantitative estimate of drug-likeness (QED) is 0.807. The van der Waals surface area contributed by atoms with Gasteiger partial charge in [0.05, 0.1) is 5.69 Å². The summed E-state index contributed by atoms with van der Waals surface area (Å²) in [7, 11) is 0. The molecule has 2 nitrogen and oxygen atoms in total. The van der Waals surface area contributed by atoms with Gasteiger partial charge in [-0.3, -0.25) is 0 Å². The first-order valence-electron chi connectivity index (χ1n) is 4.87. The molecule has 1 aliphatic carbocycles. The zero-order chi connectivity index (χ0) is 9.42. The summed E-state index contributed by atoms with van der Waals surface area (Å²) in [6, 6.07) is 0.228. The summed E-state index contributed by atoms with van der Waals surface area (Å²) in [5.74, 6) is 0.897. The SMILES string of the molecule is Cc1nsc(C)c1C(N)CC1CC1. The second kappa shape index (κ2) is 3.39. The van der Waals surface area contributed by atoms with Crippen LogP contribution in [0.4, 0.5) is 0 Å². The fraction of sp³-hybridized carbons (Fsp3) is 0.700. The van der Waals surface area contributed by atoms with Gasteiger partial charge in [-0.1, -0.05) is 12.8 Å². The molecule has 1 aromatic rings. The van der Waals surface area contributed by atoms with Gasteiger partial charge in [0.25, 0.3) is 0 Å². The molecule has 13 heavy (non-hydrogen) atoms. The van der Waals surface area contributed by atoms with Gasteiger partial charge >= 0.3 is 0 Å². The lowest BCUT2D eigenvalue weighted by atomic mass is 10.0.